The van der Waals surface area contributed by atoms with Crippen molar-refractivity contribution >= 4 is 34.4 Å². The SMILES string of the molecule is Cc1ncsc1[C@H](C)c1ccc(NC(=O)NCc2nccs2)cc1. The zero-order valence-electron chi connectivity index (χ0n) is 13.4. The standard InChI is InChI=1S/C17H18N4OS2/c1-11(16-12(2)20-10-24-16)13-3-5-14(6-4-13)21-17(22)19-9-15-18-7-8-23-15/h3-8,10-11H,9H2,1-2H3,(H2,19,21,22)/t11-/m1/s1. The lowest BCUT2D eigenvalue weighted by molar-refractivity contribution is 0.251. The van der Waals surface area contributed by atoms with Gasteiger partial charge < -0.3 is 10.6 Å². The topological polar surface area (TPSA) is 66.9 Å². The number of hydrogen-bond acceptors (Lipinski definition) is 5. The molecule has 3 rings (SSSR count). The number of amides is 2. The lowest BCUT2D eigenvalue weighted by Crippen LogP contribution is -2.28. The molecule has 1 aromatic carbocycles. The Bertz CT molecular complexity index is 796. The number of nitrogens with one attached hydrogen (secondary N) is 2. The third kappa shape index (κ3) is 3.98. The van der Waals surface area contributed by atoms with Crippen molar-refractivity contribution in [2.75, 3.05) is 5.32 Å². The number of urea groups is 1. The molecule has 0 spiro atoms. The van der Waals surface area contributed by atoms with Crippen molar-refractivity contribution in [2.24, 2.45) is 0 Å². The molecule has 5 nitrogen and oxygen atoms in total. The van der Waals surface area contributed by atoms with E-state index >= 15 is 0 Å². The average Bonchev–Trinajstić information content (AvgIpc) is 3.24. The molecule has 2 heterocycles. The Morgan fingerprint density at radius 1 is 1.21 bits per heavy atom. The Balaban J connectivity index is 1.58. The zero-order valence-corrected chi connectivity index (χ0v) is 15.1. The maximum absolute atomic E-state index is 11.9. The Hall–Kier alpha value is -2.25. The molecule has 2 aromatic heterocycles. The molecular formula is C17H18N4OS2. The number of aromatic nitrogens is 2. The lowest BCUT2D eigenvalue weighted by atomic mass is 9.98. The molecular weight excluding hydrogens is 340 g/mol. The van der Waals surface area contributed by atoms with Gasteiger partial charge in [0.2, 0.25) is 0 Å². The van der Waals surface area contributed by atoms with E-state index in [9.17, 15) is 4.79 Å². The summed E-state index contributed by atoms with van der Waals surface area (Å²) in [5.74, 6) is 0.297. The molecule has 24 heavy (non-hydrogen) atoms. The predicted molar refractivity (Wildman–Crippen MR) is 98.8 cm³/mol. The van der Waals surface area contributed by atoms with Crippen LogP contribution in [0.4, 0.5) is 10.5 Å². The Morgan fingerprint density at radius 2 is 2.00 bits per heavy atom. The van der Waals surface area contributed by atoms with E-state index in [1.165, 1.54) is 21.8 Å². The molecule has 0 saturated carbocycles. The molecule has 0 radical (unpaired) electrons. The number of anilines is 1. The van der Waals surface area contributed by atoms with E-state index in [-0.39, 0.29) is 6.03 Å². The second kappa shape index (κ2) is 7.55. The molecule has 0 bridgehead atoms. The van der Waals surface area contributed by atoms with Gasteiger partial charge in [0.25, 0.3) is 0 Å². The molecule has 0 aliphatic carbocycles. The molecule has 7 heteroatoms. The van der Waals surface area contributed by atoms with Gasteiger partial charge in [0.1, 0.15) is 5.01 Å². The van der Waals surface area contributed by atoms with Crippen LogP contribution in [0.25, 0.3) is 0 Å². The third-order valence-corrected chi connectivity index (χ3v) is 5.62. The zero-order chi connectivity index (χ0) is 16.9. The molecule has 1 atom stereocenters. The van der Waals surface area contributed by atoms with Crippen LogP contribution in [0.1, 0.15) is 34.0 Å². The smallest absolute Gasteiger partial charge is 0.319 e. The number of carbonyl (C=O) groups is 1. The summed E-state index contributed by atoms with van der Waals surface area (Å²) in [4.78, 5) is 21.6. The summed E-state index contributed by atoms with van der Waals surface area (Å²) in [7, 11) is 0. The van der Waals surface area contributed by atoms with E-state index in [1.807, 2.05) is 42.1 Å². The fourth-order valence-electron chi connectivity index (χ4n) is 2.40. The Labute approximate surface area is 148 Å². The van der Waals surface area contributed by atoms with Crippen molar-refractivity contribution in [1.82, 2.24) is 15.3 Å². The van der Waals surface area contributed by atoms with Crippen molar-refractivity contribution in [2.45, 2.75) is 26.3 Å². The highest BCUT2D eigenvalue weighted by Gasteiger charge is 2.13. The highest BCUT2D eigenvalue weighted by Crippen LogP contribution is 2.30. The van der Waals surface area contributed by atoms with E-state index in [1.54, 1.807) is 17.5 Å². The normalized spacial score (nSPS) is 11.9. The first-order valence-electron chi connectivity index (χ1n) is 7.56. The van der Waals surface area contributed by atoms with Crippen LogP contribution in [0.15, 0.2) is 41.4 Å². The molecule has 2 amide bonds. The van der Waals surface area contributed by atoms with Crippen LogP contribution in [0, 0.1) is 6.92 Å². The first-order valence-corrected chi connectivity index (χ1v) is 9.32. The fraction of sp³-hybridized carbons (Fsp3) is 0.235. The van der Waals surface area contributed by atoms with Gasteiger partial charge in [-0.05, 0) is 24.6 Å². The van der Waals surface area contributed by atoms with Crippen LogP contribution in [-0.2, 0) is 6.54 Å². The van der Waals surface area contributed by atoms with Crippen LogP contribution in [0.3, 0.4) is 0 Å². The van der Waals surface area contributed by atoms with Gasteiger partial charge in [0, 0.05) is 28.1 Å². The van der Waals surface area contributed by atoms with Crippen LogP contribution in [-0.4, -0.2) is 16.0 Å². The molecule has 0 fully saturated rings. The van der Waals surface area contributed by atoms with Crippen molar-refractivity contribution in [1.29, 1.82) is 0 Å². The molecule has 0 aliphatic heterocycles. The second-order valence-corrected chi connectivity index (χ2v) is 7.24. The van der Waals surface area contributed by atoms with Crippen molar-refractivity contribution in [3.8, 4) is 0 Å². The monoisotopic (exact) mass is 358 g/mol. The van der Waals surface area contributed by atoms with E-state index in [0.29, 0.717) is 12.5 Å². The molecule has 0 aliphatic rings. The molecule has 0 unspecified atom stereocenters. The maximum Gasteiger partial charge on any atom is 0.319 e. The highest BCUT2D eigenvalue weighted by molar-refractivity contribution is 7.10. The minimum atomic E-state index is -0.232. The van der Waals surface area contributed by atoms with Crippen LogP contribution in [0.5, 0.6) is 0 Å². The van der Waals surface area contributed by atoms with Gasteiger partial charge in [0.05, 0.1) is 17.7 Å². The first kappa shape index (κ1) is 16.6. The number of nitrogens with zero attached hydrogens (tertiary/aromatic N) is 2. The predicted octanol–water partition coefficient (Wildman–Crippen LogP) is 4.38. The van der Waals surface area contributed by atoms with Gasteiger partial charge in [-0.3, -0.25) is 0 Å². The van der Waals surface area contributed by atoms with Crippen LogP contribution >= 0.6 is 22.7 Å². The Kier molecular flexibility index (Phi) is 5.22. The summed E-state index contributed by atoms with van der Waals surface area (Å²) in [6, 6.07) is 7.70. The van der Waals surface area contributed by atoms with Crippen molar-refractivity contribution in [3.05, 3.63) is 62.5 Å². The molecule has 124 valence electrons. The summed E-state index contributed by atoms with van der Waals surface area (Å²) < 4.78 is 0. The summed E-state index contributed by atoms with van der Waals surface area (Å²) >= 11 is 3.20. The number of carbonyl (C=O) groups excluding carboxylic acids is 1. The van der Waals surface area contributed by atoms with Crippen molar-refractivity contribution in [3.63, 3.8) is 0 Å². The number of hydrogen-bond donors (Lipinski definition) is 2. The molecule has 2 N–H and O–H groups in total. The van der Waals surface area contributed by atoms with Gasteiger partial charge in [-0.2, -0.15) is 0 Å². The summed E-state index contributed by atoms with van der Waals surface area (Å²) in [6.07, 6.45) is 1.73. The van der Waals surface area contributed by atoms with Gasteiger partial charge in [-0.1, -0.05) is 19.1 Å². The minimum absolute atomic E-state index is 0.232. The highest BCUT2D eigenvalue weighted by atomic mass is 32.1. The van der Waals surface area contributed by atoms with E-state index < -0.39 is 0 Å². The van der Waals surface area contributed by atoms with E-state index in [2.05, 4.69) is 27.5 Å². The van der Waals surface area contributed by atoms with Gasteiger partial charge in [-0.25, -0.2) is 14.8 Å². The summed E-state index contributed by atoms with van der Waals surface area (Å²) in [5.41, 5.74) is 4.93. The third-order valence-electron chi connectivity index (χ3n) is 3.73. The number of benzene rings is 1. The quantitative estimate of drug-likeness (QED) is 0.711. The number of aryl methyl sites for hydroxylation is 1. The van der Waals surface area contributed by atoms with Gasteiger partial charge in [0.15, 0.2) is 0 Å². The van der Waals surface area contributed by atoms with Crippen LogP contribution in [0.2, 0.25) is 0 Å². The molecule has 3 aromatic rings. The van der Waals surface area contributed by atoms with E-state index in [4.69, 9.17) is 0 Å². The Morgan fingerprint density at radius 3 is 2.62 bits per heavy atom. The van der Waals surface area contributed by atoms with Gasteiger partial charge >= 0.3 is 6.03 Å². The fourth-order valence-corrected chi connectivity index (χ4v) is 3.85. The largest absolute Gasteiger partial charge is 0.331 e. The first-order chi connectivity index (χ1) is 11.6. The lowest BCUT2D eigenvalue weighted by Gasteiger charge is -2.12. The second-order valence-electron chi connectivity index (χ2n) is 5.38. The molecule has 0 saturated heterocycles. The van der Waals surface area contributed by atoms with Crippen molar-refractivity contribution < 1.29 is 4.79 Å². The number of thiazole rings is 2. The number of rotatable bonds is 5. The summed E-state index contributed by atoms with van der Waals surface area (Å²) in [5, 5.41) is 8.40. The average molecular weight is 358 g/mol. The maximum atomic E-state index is 11.9. The summed E-state index contributed by atoms with van der Waals surface area (Å²) in [6.45, 7) is 4.64. The van der Waals surface area contributed by atoms with Crippen LogP contribution < -0.4 is 10.6 Å². The minimum Gasteiger partial charge on any atom is -0.331 e. The van der Waals surface area contributed by atoms with Gasteiger partial charge in [-0.15, -0.1) is 22.7 Å². The van der Waals surface area contributed by atoms with E-state index in [0.717, 1.165) is 16.4 Å².